The Morgan fingerprint density at radius 1 is 1.40 bits per heavy atom. The molecule has 20 heavy (non-hydrogen) atoms. The zero-order chi connectivity index (χ0) is 15.3. The third-order valence-electron chi connectivity index (χ3n) is 3.34. The van der Waals surface area contributed by atoms with E-state index < -0.39 is 17.5 Å². The van der Waals surface area contributed by atoms with Crippen LogP contribution in [0.2, 0.25) is 4.34 Å². The molecule has 1 aromatic rings. The summed E-state index contributed by atoms with van der Waals surface area (Å²) in [7, 11) is 0. The van der Waals surface area contributed by atoms with Gasteiger partial charge in [-0.3, -0.25) is 0 Å². The number of nitrogens with one attached hydrogen (secondary N) is 2. The highest BCUT2D eigenvalue weighted by Gasteiger charge is 2.36. The zero-order valence-electron chi connectivity index (χ0n) is 11.7. The van der Waals surface area contributed by atoms with Crippen molar-refractivity contribution >= 4 is 34.9 Å². The van der Waals surface area contributed by atoms with Crippen LogP contribution in [-0.2, 0) is 4.79 Å². The molecule has 0 aromatic carbocycles. The smallest absolute Gasteiger partial charge is 0.329 e. The highest BCUT2D eigenvalue weighted by Crippen LogP contribution is 2.26. The van der Waals surface area contributed by atoms with Gasteiger partial charge in [-0.2, -0.15) is 0 Å². The molecule has 1 unspecified atom stereocenters. The minimum absolute atomic E-state index is 0.229. The van der Waals surface area contributed by atoms with Crippen molar-refractivity contribution in [2.75, 3.05) is 0 Å². The van der Waals surface area contributed by atoms with Gasteiger partial charge in [0.25, 0.3) is 0 Å². The van der Waals surface area contributed by atoms with Gasteiger partial charge in [0.2, 0.25) is 0 Å². The molecular weight excluding hydrogens is 300 g/mol. The van der Waals surface area contributed by atoms with Crippen molar-refractivity contribution < 1.29 is 14.7 Å². The van der Waals surface area contributed by atoms with Crippen LogP contribution in [0.25, 0.3) is 0 Å². The maximum atomic E-state index is 12.0. The Kier molecular flexibility index (Phi) is 5.83. The van der Waals surface area contributed by atoms with Gasteiger partial charge in [0.05, 0.1) is 10.4 Å². The fraction of sp³-hybridized carbons (Fsp3) is 0.538. The van der Waals surface area contributed by atoms with Gasteiger partial charge >= 0.3 is 12.0 Å². The van der Waals surface area contributed by atoms with Crippen molar-refractivity contribution in [3.8, 4) is 0 Å². The first kappa shape index (κ1) is 16.8. The van der Waals surface area contributed by atoms with Crippen molar-refractivity contribution in [3.05, 3.63) is 21.3 Å². The summed E-state index contributed by atoms with van der Waals surface area (Å²) in [4.78, 5) is 24.2. The van der Waals surface area contributed by atoms with Crippen LogP contribution in [0, 0.1) is 0 Å². The Hall–Kier alpha value is -1.27. The van der Waals surface area contributed by atoms with E-state index in [1.807, 2.05) is 13.0 Å². The molecule has 3 N–H and O–H groups in total. The Balaban J connectivity index is 2.69. The van der Waals surface area contributed by atoms with E-state index in [4.69, 9.17) is 11.6 Å². The highest BCUT2D eigenvalue weighted by atomic mass is 35.5. The third-order valence-corrected chi connectivity index (χ3v) is 4.75. The van der Waals surface area contributed by atoms with Gasteiger partial charge in [-0.25, -0.2) is 9.59 Å². The third kappa shape index (κ3) is 3.86. The Morgan fingerprint density at radius 2 is 2.00 bits per heavy atom. The Bertz CT molecular complexity index is 486. The van der Waals surface area contributed by atoms with E-state index in [-0.39, 0.29) is 6.04 Å². The quantitative estimate of drug-likeness (QED) is 0.752. The van der Waals surface area contributed by atoms with Gasteiger partial charge in [-0.15, -0.1) is 11.3 Å². The lowest BCUT2D eigenvalue weighted by Crippen LogP contribution is -2.56. The maximum Gasteiger partial charge on any atom is 0.329 e. The van der Waals surface area contributed by atoms with Gasteiger partial charge in [-0.1, -0.05) is 25.4 Å². The summed E-state index contributed by atoms with van der Waals surface area (Å²) in [5.74, 6) is -1.02. The number of carboxylic acid groups (broad SMARTS) is 1. The second-order valence-electron chi connectivity index (χ2n) is 4.56. The molecule has 1 rings (SSSR count). The lowest BCUT2D eigenvalue weighted by atomic mass is 9.93. The molecule has 0 aliphatic heterocycles. The topological polar surface area (TPSA) is 78.4 Å². The standard InChI is InChI=1S/C13H19ClN2O3S/c1-4-13(5-2,11(17)18)16-12(19)15-8(3)9-6-7-10(14)20-9/h6-8H,4-5H2,1-3H3,(H,17,18)(H2,15,16,19). The molecule has 2 amide bonds. The molecule has 112 valence electrons. The van der Waals surface area contributed by atoms with Crippen LogP contribution >= 0.6 is 22.9 Å². The molecular formula is C13H19ClN2O3S. The lowest BCUT2D eigenvalue weighted by Gasteiger charge is -2.28. The summed E-state index contributed by atoms with van der Waals surface area (Å²) in [5, 5.41) is 14.6. The number of hydrogen-bond acceptors (Lipinski definition) is 3. The average molecular weight is 319 g/mol. The first-order valence-corrected chi connectivity index (χ1v) is 7.61. The van der Waals surface area contributed by atoms with Crippen LogP contribution in [0.15, 0.2) is 12.1 Å². The van der Waals surface area contributed by atoms with E-state index in [9.17, 15) is 14.7 Å². The predicted molar refractivity (Wildman–Crippen MR) is 80.4 cm³/mol. The average Bonchev–Trinajstić information content (AvgIpc) is 2.82. The van der Waals surface area contributed by atoms with Gasteiger partial charge in [0, 0.05) is 4.88 Å². The molecule has 0 fully saturated rings. The van der Waals surface area contributed by atoms with Crippen LogP contribution in [0.3, 0.4) is 0 Å². The molecule has 0 radical (unpaired) electrons. The number of aliphatic carboxylic acids is 1. The SMILES string of the molecule is CCC(CC)(NC(=O)NC(C)c1ccc(Cl)s1)C(=O)O. The van der Waals surface area contributed by atoms with E-state index in [0.29, 0.717) is 17.2 Å². The second-order valence-corrected chi connectivity index (χ2v) is 6.30. The van der Waals surface area contributed by atoms with E-state index in [1.54, 1.807) is 19.9 Å². The molecule has 0 saturated carbocycles. The van der Waals surface area contributed by atoms with Crippen LogP contribution in [-0.4, -0.2) is 22.6 Å². The van der Waals surface area contributed by atoms with Crippen molar-refractivity contribution in [2.24, 2.45) is 0 Å². The van der Waals surface area contributed by atoms with E-state index >= 15 is 0 Å². The number of rotatable bonds is 6. The largest absolute Gasteiger partial charge is 0.480 e. The molecule has 0 saturated heterocycles. The maximum absolute atomic E-state index is 12.0. The van der Waals surface area contributed by atoms with Crippen LogP contribution < -0.4 is 10.6 Å². The first-order chi connectivity index (χ1) is 9.34. The summed E-state index contributed by atoms with van der Waals surface area (Å²) in [5.41, 5.74) is -1.23. The highest BCUT2D eigenvalue weighted by molar-refractivity contribution is 7.16. The number of urea groups is 1. The summed E-state index contributed by atoms with van der Waals surface area (Å²) >= 11 is 7.23. The molecule has 1 heterocycles. The fourth-order valence-electron chi connectivity index (χ4n) is 1.86. The van der Waals surface area contributed by atoms with Crippen molar-refractivity contribution in [1.82, 2.24) is 10.6 Å². The van der Waals surface area contributed by atoms with E-state index in [1.165, 1.54) is 11.3 Å². The molecule has 0 spiro atoms. The normalized spacial score (nSPS) is 12.8. The van der Waals surface area contributed by atoms with Gasteiger partial charge in [-0.05, 0) is 31.9 Å². The fourth-order valence-corrected chi connectivity index (χ4v) is 2.93. The van der Waals surface area contributed by atoms with E-state index in [2.05, 4.69) is 10.6 Å². The number of halogens is 1. The van der Waals surface area contributed by atoms with Crippen LogP contribution in [0.1, 0.15) is 44.5 Å². The molecule has 1 aromatic heterocycles. The van der Waals surface area contributed by atoms with Gasteiger partial charge < -0.3 is 15.7 Å². The van der Waals surface area contributed by atoms with Gasteiger partial charge in [0.1, 0.15) is 5.54 Å². The molecule has 1 atom stereocenters. The summed E-state index contributed by atoms with van der Waals surface area (Å²) < 4.78 is 0.649. The Morgan fingerprint density at radius 3 is 2.40 bits per heavy atom. The molecule has 0 bridgehead atoms. The molecule has 5 nitrogen and oxygen atoms in total. The summed E-state index contributed by atoms with van der Waals surface area (Å²) in [6, 6.07) is 2.88. The number of carboxylic acids is 1. The predicted octanol–water partition coefficient (Wildman–Crippen LogP) is 3.41. The molecule has 0 aliphatic carbocycles. The van der Waals surface area contributed by atoms with Gasteiger partial charge in [0.15, 0.2) is 0 Å². The minimum Gasteiger partial charge on any atom is -0.480 e. The number of carbonyl (C=O) groups is 2. The monoisotopic (exact) mass is 318 g/mol. The van der Waals surface area contributed by atoms with Crippen molar-refractivity contribution in [2.45, 2.75) is 45.2 Å². The number of amides is 2. The second kappa shape index (κ2) is 6.95. The van der Waals surface area contributed by atoms with Crippen LogP contribution in [0.5, 0.6) is 0 Å². The molecule has 0 aliphatic rings. The van der Waals surface area contributed by atoms with Crippen molar-refractivity contribution in [3.63, 3.8) is 0 Å². The number of thiophene rings is 1. The van der Waals surface area contributed by atoms with Crippen LogP contribution in [0.4, 0.5) is 4.79 Å². The first-order valence-electron chi connectivity index (χ1n) is 6.42. The zero-order valence-corrected chi connectivity index (χ0v) is 13.3. The Labute approximate surface area is 127 Å². The summed E-state index contributed by atoms with van der Waals surface area (Å²) in [6.45, 7) is 5.29. The lowest BCUT2D eigenvalue weighted by molar-refractivity contribution is -0.144. The summed E-state index contributed by atoms with van der Waals surface area (Å²) in [6.07, 6.45) is 0.650. The molecule has 7 heteroatoms. The van der Waals surface area contributed by atoms with E-state index in [0.717, 1.165) is 4.88 Å². The number of carbonyl (C=O) groups excluding carboxylic acids is 1. The number of hydrogen-bond donors (Lipinski definition) is 3. The minimum atomic E-state index is -1.23. The van der Waals surface area contributed by atoms with Crippen molar-refractivity contribution in [1.29, 1.82) is 0 Å².